The minimum Gasteiger partial charge on any atom is -0.491 e. The summed E-state index contributed by atoms with van der Waals surface area (Å²) < 4.78 is 5.58. The summed E-state index contributed by atoms with van der Waals surface area (Å²) in [6.07, 6.45) is -0.610. The van der Waals surface area contributed by atoms with E-state index in [1.807, 2.05) is 0 Å². The van der Waals surface area contributed by atoms with Crippen LogP contribution in [0.1, 0.15) is 5.56 Å². The largest absolute Gasteiger partial charge is 0.491 e. The molecule has 8 heteroatoms. The molecule has 1 heterocycles. The van der Waals surface area contributed by atoms with Gasteiger partial charge in [0.25, 0.3) is 5.69 Å². The molecule has 1 saturated heterocycles. The van der Waals surface area contributed by atoms with Crippen molar-refractivity contribution in [2.45, 2.75) is 6.10 Å². The van der Waals surface area contributed by atoms with Gasteiger partial charge in [-0.2, -0.15) is 5.26 Å². The zero-order chi connectivity index (χ0) is 19.9. The summed E-state index contributed by atoms with van der Waals surface area (Å²) in [6.45, 7) is 3.89. The van der Waals surface area contributed by atoms with Crippen molar-refractivity contribution in [3.05, 3.63) is 64.2 Å². The lowest BCUT2D eigenvalue weighted by molar-refractivity contribution is -0.384. The van der Waals surface area contributed by atoms with Crippen LogP contribution in [0.25, 0.3) is 0 Å². The smallest absolute Gasteiger partial charge is 0.269 e. The number of nitrogens with zero attached hydrogens (tertiary/aromatic N) is 4. The first kappa shape index (κ1) is 19.6. The van der Waals surface area contributed by atoms with Crippen molar-refractivity contribution >= 4 is 11.4 Å². The van der Waals surface area contributed by atoms with Crippen molar-refractivity contribution < 1.29 is 14.8 Å². The first-order chi connectivity index (χ1) is 13.5. The van der Waals surface area contributed by atoms with Crippen LogP contribution in [0.15, 0.2) is 48.5 Å². The number of β-amino-alcohol motifs (C(OH)–C–C–N with tert-alkyl or cyclic N) is 1. The van der Waals surface area contributed by atoms with E-state index < -0.39 is 11.0 Å². The fourth-order valence-electron chi connectivity index (χ4n) is 3.14. The predicted molar refractivity (Wildman–Crippen MR) is 104 cm³/mol. The van der Waals surface area contributed by atoms with Gasteiger partial charge >= 0.3 is 0 Å². The maximum absolute atomic E-state index is 10.7. The third kappa shape index (κ3) is 5.19. The van der Waals surface area contributed by atoms with Crippen LogP contribution < -0.4 is 9.64 Å². The molecular weight excluding hydrogens is 360 g/mol. The molecule has 146 valence electrons. The molecule has 0 aromatic heterocycles. The minimum absolute atomic E-state index is 0.0905. The van der Waals surface area contributed by atoms with Gasteiger partial charge in [-0.25, -0.2) is 0 Å². The molecule has 8 nitrogen and oxygen atoms in total. The summed E-state index contributed by atoms with van der Waals surface area (Å²) in [6, 6.07) is 15.4. The fraction of sp³-hybridized carbons (Fsp3) is 0.350. The normalized spacial score (nSPS) is 15.6. The van der Waals surface area contributed by atoms with Gasteiger partial charge in [-0.1, -0.05) is 0 Å². The number of hydrogen-bond donors (Lipinski definition) is 1. The first-order valence-corrected chi connectivity index (χ1v) is 9.08. The van der Waals surface area contributed by atoms with Crippen molar-refractivity contribution in [3.8, 4) is 11.8 Å². The van der Waals surface area contributed by atoms with E-state index in [2.05, 4.69) is 15.9 Å². The highest BCUT2D eigenvalue weighted by Gasteiger charge is 2.20. The third-order valence-electron chi connectivity index (χ3n) is 4.69. The van der Waals surface area contributed by atoms with E-state index in [9.17, 15) is 15.2 Å². The second kappa shape index (κ2) is 9.17. The average Bonchev–Trinajstić information content (AvgIpc) is 2.73. The molecule has 0 spiro atoms. The molecule has 0 amide bonds. The summed E-state index contributed by atoms with van der Waals surface area (Å²) in [5.41, 5.74) is 1.63. The lowest BCUT2D eigenvalue weighted by atomic mass is 10.2. The predicted octanol–water partition coefficient (Wildman–Crippen LogP) is 2.03. The molecular formula is C20H22N4O4. The number of anilines is 1. The summed E-state index contributed by atoms with van der Waals surface area (Å²) in [5, 5.41) is 29.8. The van der Waals surface area contributed by atoms with E-state index >= 15 is 0 Å². The van der Waals surface area contributed by atoms with Gasteiger partial charge in [0.2, 0.25) is 0 Å². The molecule has 2 aromatic carbocycles. The Balaban J connectivity index is 1.42. The van der Waals surface area contributed by atoms with Crippen molar-refractivity contribution in [2.24, 2.45) is 0 Å². The van der Waals surface area contributed by atoms with E-state index in [-0.39, 0.29) is 12.3 Å². The Bertz CT molecular complexity index is 825. The van der Waals surface area contributed by atoms with Gasteiger partial charge in [-0.3, -0.25) is 15.0 Å². The summed E-state index contributed by atoms with van der Waals surface area (Å²) in [4.78, 5) is 14.7. The molecule has 1 unspecified atom stereocenters. The summed E-state index contributed by atoms with van der Waals surface area (Å²) >= 11 is 0. The van der Waals surface area contributed by atoms with Crippen molar-refractivity contribution in [2.75, 3.05) is 44.2 Å². The Labute approximate surface area is 163 Å². The number of nitro groups is 1. The number of hydrogen-bond acceptors (Lipinski definition) is 7. The van der Waals surface area contributed by atoms with Gasteiger partial charge in [-0.05, 0) is 36.4 Å². The number of nitro benzene ring substituents is 1. The molecule has 1 atom stereocenters. The quantitative estimate of drug-likeness (QED) is 0.577. The minimum atomic E-state index is -0.610. The number of aliphatic hydroxyl groups is 1. The standard InChI is InChI=1S/C20H22N4O4/c21-13-16-1-7-20(8-2-16)28-15-19(25)14-22-9-11-23(12-10-22)17-3-5-18(6-4-17)24(26)27/h1-8,19,25H,9-12,14-15H2. The Morgan fingerprint density at radius 2 is 1.75 bits per heavy atom. The highest BCUT2D eigenvalue weighted by molar-refractivity contribution is 5.51. The maximum Gasteiger partial charge on any atom is 0.269 e. The lowest BCUT2D eigenvalue weighted by Gasteiger charge is -2.36. The van der Waals surface area contributed by atoms with Gasteiger partial charge in [0, 0.05) is 50.5 Å². The van der Waals surface area contributed by atoms with Crippen LogP contribution in [-0.4, -0.2) is 60.4 Å². The van der Waals surface area contributed by atoms with Gasteiger partial charge in [0.15, 0.2) is 0 Å². The molecule has 2 aromatic rings. The van der Waals surface area contributed by atoms with E-state index in [4.69, 9.17) is 10.00 Å². The molecule has 0 radical (unpaired) electrons. The number of rotatable bonds is 7. The van der Waals surface area contributed by atoms with Gasteiger partial charge in [0.1, 0.15) is 18.5 Å². The van der Waals surface area contributed by atoms with Crippen LogP contribution in [0.4, 0.5) is 11.4 Å². The zero-order valence-electron chi connectivity index (χ0n) is 15.4. The third-order valence-corrected chi connectivity index (χ3v) is 4.69. The molecule has 1 aliphatic heterocycles. The molecule has 1 fully saturated rings. The number of piperazine rings is 1. The average molecular weight is 382 g/mol. The molecule has 0 bridgehead atoms. The van der Waals surface area contributed by atoms with E-state index in [0.29, 0.717) is 17.9 Å². The van der Waals surface area contributed by atoms with Crippen LogP contribution in [-0.2, 0) is 0 Å². The number of aliphatic hydroxyl groups excluding tert-OH is 1. The Hall–Kier alpha value is -3.15. The highest BCUT2D eigenvalue weighted by Crippen LogP contribution is 2.20. The summed E-state index contributed by atoms with van der Waals surface area (Å²) in [7, 11) is 0. The van der Waals surface area contributed by atoms with E-state index in [1.165, 1.54) is 12.1 Å². The lowest BCUT2D eigenvalue weighted by Crippen LogP contribution is -2.49. The monoisotopic (exact) mass is 382 g/mol. The van der Waals surface area contributed by atoms with Crippen molar-refractivity contribution in [3.63, 3.8) is 0 Å². The van der Waals surface area contributed by atoms with Crippen LogP contribution in [0, 0.1) is 21.4 Å². The van der Waals surface area contributed by atoms with Crippen molar-refractivity contribution in [1.29, 1.82) is 5.26 Å². The Kier molecular flexibility index (Phi) is 6.42. The zero-order valence-corrected chi connectivity index (χ0v) is 15.4. The van der Waals surface area contributed by atoms with Crippen molar-refractivity contribution in [1.82, 2.24) is 4.90 Å². The van der Waals surface area contributed by atoms with Crippen LogP contribution in [0.3, 0.4) is 0 Å². The second-order valence-electron chi connectivity index (χ2n) is 6.66. The number of benzene rings is 2. The maximum atomic E-state index is 10.7. The van der Waals surface area contributed by atoms with E-state index in [0.717, 1.165) is 31.9 Å². The first-order valence-electron chi connectivity index (χ1n) is 9.08. The van der Waals surface area contributed by atoms with E-state index in [1.54, 1.807) is 36.4 Å². The summed E-state index contributed by atoms with van der Waals surface area (Å²) in [5.74, 6) is 0.626. The molecule has 3 rings (SSSR count). The SMILES string of the molecule is N#Cc1ccc(OCC(O)CN2CCN(c3ccc([N+](=O)[O-])cc3)CC2)cc1. The Morgan fingerprint density at radius 3 is 2.32 bits per heavy atom. The van der Waals surface area contributed by atoms with Crippen LogP contribution >= 0.6 is 0 Å². The number of nitriles is 1. The van der Waals surface area contributed by atoms with Gasteiger partial charge in [-0.15, -0.1) is 0 Å². The topological polar surface area (TPSA) is 103 Å². The molecule has 0 saturated carbocycles. The molecule has 1 aliphatic rings. The van der Waals surface area contributed by atoms with Gasteiger partial charge in [0.05, 0.1) is 16.6 Å². The number of non-ortho nitro benzene ring substituents is 1. The highest BCUT2D eigenvalue weighted by atomic mass is 16.6. The molecule has 28 heavy (non-hydrogen) atoms. The van der Waals surface area contributed by atoms with Gasteiger partial charge < -0.3 is 14.7 Å². The number of ether oxygens (including phenoxy) is 1. The molecule has 1 N–H and O–H groups in total. The van der Waals surface area contributed by atoms with Crippen LogP contribution in [0.5, 0.6) is 5.75 Å². The second-order valence-corrected chi connectivity index (χ2v) is 6.66. The van der Waals surface area contributed by atoms with Crippen LogP contribution in [0.2, 0.25) is 0 Å². The molecule has 0 aliphatic carbocycles. The fourth-order valence-corrected chi connectivity index (χ4v) is 3.14. The Morgan fingerprint density at radius 1 is 1.11 bits per heavy atom.